The minimum Gasteiger partial charge on any atom is -0.512 e. The zero-order valence-electron chi connectivity index (χ0n) is 25.4. The van der Waals surface area contributed by atoms with Gasteiger partial charge in [-0.2, -0.15) is 0 Å². The molecule has 5 aromatic rings. The van der Waals surface area contributed by atoms with E-state index < -0.39 is 0 Å². The molecule has 0 atom stereocenters. The Morgan fingerprint density at radius 3 is 2.26 bits per heavy atom. The standard InChI is InChI=1S/C24H16NSe.C13H24O2.Ir/c1-24(2)17-8-5-9-19-21(17)22-20(26-19)10-11-25-23(22)16-12-14-6-3-4-7-15(14)13-18(16)24;1-5-10(6-2)12(14)9-13(15)11(7-3)8-4;/h3-11,13H,1-2H3;9-11,14H,5-8H2,1-4H3;/q-1;;/b;12-9-;. The molecule has 3 aromatic carbocycles. The van der Waals surface area contributed by atoms with Gasteiger partial charge in [0.15, 0.2) is 5.78 Å². The van der Waals surface area contributed by atoms with Gasteiger partial charge in [-0.15, -0.1) is 0 Å². The number of hydrogen-bond donors (Lipinski definition) is 1. The Bertz CT molecular complexity index is 1760. The van der Waals surface area contributed by atoms with E-state index >= 15 is 0 Å². The first kappa shape index (κ1) is 32.4. The topological polar surface area (TPSA) is 50.2 Å². The van der Waals surface area contributed by atoms with Gasteiger partial charge in [0.2, 0.25) is 0 Å². The molecule has 0 spiro atoms. The molecular formula is C37H40IrNO2Se-. The molecule has 42 heavy (non-hydrogen) atoms. The molecule has 2 heterocycles. The summed E-state index contributed by atoms with van der Waals surface area (Å²) < 4.78 is 2.94. The molecule has 1 aliphatic carbocycles. The molecule has 0 saturated heterocycles. The molecule has 0 bridgehead atoms. The zero-order chi connectivity index (χ0) is 29.3. The van der Waals surface area contributed by atoms with E-state index in [-0.39, 0.29) is 48.9 Å². The third-order valence-electron chi connectivity index (χ3n) is 8.86. The molecule has 1 aliphatic rings. The number of nitrogens with zero attached hydrogens (tertiary/aromatic N) is 1. The van der Waals surface area contributed by atoms with Crippen LogP contribution in [0.4, 0.5) is 0 Å². The summed E-state index contributed by atoms with van der Waals surface area (Å²) in [5, 5.41) is 15.0. The zero-order valence-corrected chi connectivity index (χ0v) is 29.5. The number of carbonyl (C=O) groups is 1. The fourth-order valence-electron chi connectivity index (χ4n) is 6.24. The molecule has 0 aliphatic heterocycles. The number of hydrogen-bond acceptors (Lipinski definition) is 3. The fraction of sp³-hybridized carbons (Fsp3) is 0.351. The van der Waals surface area contributed by atoms with E-state index in [1.54, 1.807) is 0 Å². The first-order chi connectivity index (χ1) is 19.7. The van der Waals surface area contributed by atoms with Crippen molar-refractivity contribution >= 4 is 50.4 Å². The van der Waals surface area contributed by atoms with E-state index in [0.717, 1.165) is 36.8 Å². The molecule has 6 rings (SSSR count). The largest absolute Gasteiger partial charge is 0.512 e. The summed E-state index contributed by atoms with van der Waals surface area (Å²) in [5.41, 5.74) is 4.95. The molecule has 5 heteroatoms. The number of carbonyl (C=O) groups excluding carboxylic acids is 1. The van der Waals surface area contributed by atoms with Gasteiger partial charge in [-0.3, -0.25) is 4.79 Å². The second-order valence-electron chi connectivity index (χ2n) is 11.6. The summed E-state index contributed by atoms with van der Waals surface area (Å²) in [7, 11) is 0. The summed E-state index contributed by atoms with van der Waals surface area (Å²) in [5.74, 6) is 0.547. The van der Waals surface area contributed by atoms with Crippen molar-refractivity contribution in [2.24, 2.45) is 11.8 Å². The molecule has 2 aromatic heterocycles. The smallest absolute Gasteiger partial charge is 0.162 e. The minimum atomic E-state index is -0.0837. The Kier molecular flexibility index (Phi) is 10.3. The molecule has 0 fully saturated rings. The number of allylic oxidation sites excluding steroid dienone is 2. The Morgan fingerprint density at radius 1 is 0.905 bits per heavy atom. The van der Waals surface area contributed by atoms with Crippen LogP contribution >= 0.6 is 0 Å². The van der Waals surface area contributed by atoms with Crippen molar-refractivity contribution in [1.29, 1.82) is 0 Å². The van der Waals surface area contributed by atoms with Crippen molar-refractivity contribution in [3.05, 3.63) is 89.8 Å². The van der Waals surface area contributed by atoms with Crippen molar-refractivity contribution in [1.82, 2.24) is 4.98 Å². The fourth-order valence-corrected chi connectivity index (χ4v) is 8.61. The predicted molar refractivity (Wildman–Crippen MR) is 174 cm³/mol. The summed E-state index contributed by atoms with van der Waals surface area (Å²) in [4.78, 5) is 16.6. The Balaban J connectivity index is 0.000000221. The van der Waals surface area contributed by atoms with E-state index in [1.807, 2.05) is 33.9 Å². The third-order valence-corrected chi connectivity index (χ3v) is 11.2. The Hall–Kier alpha value is -2.55. The quantitative estimate of drug-likeness (QED) is 0.0773. The van der Waals surface area contributed by atoms with Crippen LogP contribution in [0.25, 0.3) is 41.3 Å². The summed E-state index contributed by atoms with van der Waals surface area (Å²) in [6, 6.07) is 23.7. The Labute approximate surface area is 269 Å². The van der Waals surface area contributed by atoms with Gasteiger partial charge in [-0.1, -0.05) is 27.7 Å². The maximum atomic E-state index is 11.7. The van der Waals surface area contributed by atoms with Crippen molar-refractivity contribution < 1.29 is 30.0 Å². The van der Waals surface area contributed by atoms with Crippen LogP contribution in [-0.2, 0) is 30.3 Å². The van der Waals surface area contributed by atoms with Crippen LogP contribution in [0.1, 0.15) is 78.4 Å². The predicted octanol–water partition coefficient (Wildman–Crippen LogP) is 9.57. The van der Waals surface area contributed by atoms with Gasteiger partial charge in [0, 0.05) is 38.0 Å². The van der Waals surface area contributed by atoms with Crippen LogP contribution in [0, 0.1) is 17.9 Å². The van der Waals surface area contributed by atoms with Crippen molar-refractivity contribution in [2.45, 2.75) is 72.6 Å². The monoisotopic (exact) mass is 803 g/mol. The third kappa shape index (κ3) is 5.82. The first-order valence-corrected chi connectivity index (χ1v) is 16.7. The molecule has 0 saturated carbocycles. The van der Waals surface area contributed by atoms with Gasteiger partial charge >= 0.3 is 158 Å². The number of ketones is 1. The normalized spacial score (nSPS) is 13.7. The van der Waals surface area contributed by atoms with Gasteiger partial charge in [0.05, 0.1) is 5.76 Å². The van der Waals surface area contributed by atoms with Gasteiger partial charge < -0.3 is 5.11 Å². The molecule has 1 radical (unpaired) electrons. The molecule has 1 N–H and O–H groups in total. The molecule has 3 nitrogen and oxygen atoms in total. The van der Waals surface area contributed by atoms with Crippen LogP contribution in [0.5, 0.6) is 0 Å². The van der Waals surface area contributed by atoms with Gasteiger partial charge in [0.25, 0.3) is 0 Å². The van der Waals surface area contributed by atoms with Gasteiger partial charge in [-0.25, -0.2) is 0 Å². The number of pyridine rings is 1. The van der Waals surface area contributed by atoms with Gasteiger partial charge in [-0.05, 0) is 25.7 Å². The maximum absolute atomic E-state index is 11.7. The van der Waals surface area contributed by atoms with E-state index in [0.29, 0.717) is 14.5 Å². The van der Waals surface area contributed by atoms with Crippen LogP contribution in [0.2, 0.25) is 0 Å². The van der Waals surface area contributed by atoms with Crippen molar-refractivity contribution in [2.75, 3.05) is 0 Å². The van der Waals surface area contributed by atoms with E-state index in [4.69, 9.17) is 4.98 Å². The minimum absolute atomic E-state index is 0. The SMILES string of the molecule is CC1(C)c2cc3ccccc3[c-]c2-c2nccc3[se]c4cccc1c4c23.CCC(CC)C(=O)/C=C(\O)C(CC)CC.[Ir]. The van der Waals surface area contributed by atoms with Crippen LogP contribution < -0.4 is 0 Å². The number of rotatable bonds is 7. The number of aromatic nitrogens is 1. The van der Waals surface area contributed by atoms with Gasteiger partial charge in [0.1, 0.15) is 0 Å². The summed E-state index contributed by atoms with van der Waals surface area (Å²) in [6.07, 6.45) is 6.88. The van der Waals surface area contributed by atoms with E-state index in [1.165, 1.54) is 47.4 Å². The van der Waals surface area contributed by atoms with Crippen molar-refractivity contribution in [3.63, 3.8) is 0 Å². The molecule has 221 valence electrons. The van der Waals surface area contributed by atoms with Crippen LogP contribution in [0.15, 0.2) is 72.6 Å². The summed E-state index contributed by atoms with van der Waals surface area (Å²) >= 11 is 0.364. The number of aliphatic hydroxyl groups is 1. The number of fused-ring (bicyclic) bond motifs is 3. The molecule has 0 unspecified atom stereocenters. The van der Waals surface area contributed by atoms with Crippen LogP contribution in [0.3, 0.4) is 0 Å². The van der Waals surface area contributed by atoms with E-state index in [2.05, 4.69) is 74.5 Å². The average molecular weight is 802 g/mol. The first-order valence-electron chi connectivity index (χ1n) is 15.0. The second-order valence-corrected chi connectivity index (χ2v) is 13.9. The number of benzene rings is 3. The average Bonchev–Trinajstić information content (AvgIpc) is 3.33. The second kappa shape index (κ2) is 13.4. The number of aliphatic hydroxyl groups excluding tert-OH is 1. The van der Waals surface area contributed by atoms with Crippen LogP contribution in [-0.4, -0.2) is 30.4 Å². The van der Waals surface area contributed by atoms with E-state index in [9.17, 15) is 9.90 Å². The summed E-state index contributed by atoms with van der Waals surface area (Å²) in [6.45, 7) is 12.8. The molecular weight excluding hydrogens is 762 g/mol. The molecule has 0 amide bonds. The van der Waals surface area contributed by atoms with Crippen molar-refractivity contribution in [3.8, 4) is 11.3 Å². The maximum Gasteiger partial charge on any atom is 0.162 e. The Morgan fingerprint density at radius 2 is 1.57 bits per heavy atom.